The lowest BCUT2D eigenvalue weighted by Crippen LogP contribution is -2.30. The molecule has 130 valence electrons. The van der Waals surface area contributed by atoms with Gasteiger partial charge in [0, 0.05) is 30.2 Å². The van der Waals surface area contributed by atoms with E-state index >= 15 is 0 Å². The minimum atomic E-state index is -0.190. The summed E-state index contributed by atoms with van der Waals surface area (Å²) in [5, 5.41) is 6.25. The van der Waals surface area contributed by atoms with Crippen LogP contribution in [0.4, 0.5) is 0 Å². The van der Waals surface area contributed by atoms with Crippen LogP contribution in [0.5, 0.6) is 0 Å². The van der Waals surface area contributed by atoms with Crippen molar-refractivity contribution in [3.05, 3.63) is 41.2 Å². The molecule has 0 unspecified atom stereocenters. The van der Waals surface area contributed by atoms with E-state index in [1.165, 1.54) is 11.3 Å². The second-order valence-corrected chi connectivity index (χ2v) is 6.49. The van der Waals surface area contributed by atoms with Crippen molar-refractivity contribution in [2.75, 3.05) is 6.54 Å². The Balaban J connectivity index is 1.75. The van der Waals surface area contributed by atoms with Crippen molar-refractivity contribution in [3.8, 4) is 10.8 Å². The van der Waals surface area contributed by atoms with Gasteiger partial charge in [-0.15, -0.1) is 11.3 Å². The van der Waals surface area contributed by atoms with Gasteiger partial charge in [-0.2, -0.15) is 4.98 Å². The normalized spacial score (nSPS) is 11.0. The molecule has 25 heavy (non-hydrogen) atoms. The zero-order valence-electron chi connectivity index (χ0n) is 14.2. The Bertz CT molecular complexity index is 845. The van der Waals surface area contributed by atoms with Crippen molar-refractivity contribution < 1.29 is 9.32 Å². The van der Waals surface area contributed by atoms with E-state index in [9.17, 15) is 4.79 Å². The summed E-state index contributed by atoms with van der Waals surface area (Å²) in [6.07, 6.45) is 3.29. The molecule has 0 N–H and O–H groups in total. The van der Waals surface area contributed by atoms with E-state index in [-0.39, 0.29) is 18.4 Å². The van der Waals surface area contributed by atoms with E-state index in [4.69, 9.17) is 4.52 Å². The molecule has 3 aromatic rings. The second kappa shape index (κ2) is 7.47. The first-order valence-corrected chi connectivity index (χ1v) is 8.81. The van der Waals surface area contributed by atoms with Gasteiger partial charge in [-0.05, 0) is 13.0 Å². The van der Waals surface area contributed by atoms with Crippen LogP contribution in [0.3, 0.4) is 0 Å². The second-order valence-electron chi connectivity index (χ2n) is 5.63. The molecule has 0 saturated heterocycles. The van der Waals surface area contributed by atoms with Crippen LogP contribution in [0, 0.1) is 0 Å². The fraction of sp³-hybridized carbons (Fsp3) is 0.375. The van der Waals surface area contributed by atoms with Gasteiger partial charge in [-0.3, -0.25) is 4.79 Å². The van der Waals surface area contributed by atoms with E-state index in [0.29, 0.717) is 34.8 Å². The lowest BCUT2D eigenvalue weighted by Gasteiger charge is -2.17. The average Bonchev–Trinajstić information content (AvgIpc) is 3.29. The van der Waals surface area contributed by atoms with Crippen molar-refractivity contribution in [1.82, 2.24) is 30.0 Å². The molecule has 8 nitrogen and oxygen atoms in total. The molecule has 0 radical (unpaired) electrons. The number of nitrogens with zero attached hydrogens (tertiary/aromatic N) is 6. The molecular weight excluding hydrogens is 340 g/mol. The minimum Gasteiger partial charge on any atom is -0.337 e. The third kappa shape index (κ3) is 3.87. The van der Waals surface area contributed by atoms with Crippen molar-refractivity contribution >= 4 is 17.2 Å². The van der Waals surface area contributed by atoms with Crippen LogP contribution in [0.25, 0.3) is 10.8 Å². The number of carbonyl (C=O) groups is 1. The summed E-state index contributed by atoms with van der Waals surface area (Å²) >= 11 is 1.34. The summed E-state index contributed by atoms with van der Waals surface area (Å²) in [6, 6.07) is 1.73. The Morgan fingerprint density at radius 1 is 1.28 bits per heavy atom. The first-order chi connectivity index (χ1) is 12.1. The highest BCUT2D eigenvalue weighted by Crippen LogP contribution is 2.21. The third-order valence-corrected chi connectivity index (χ3v) is 4.31. The summed E-state index contributed by atoms with van der Waals surface area (Å²) in [4.78, 5) is 31.3. The predicted octanol–water partition coefficient (Wildman–Crippen LogP) is 2.77. The van der Waals surface area contributed by atoms with E-state index < -0.39 is 0 Å². The quantitative estimate of drug-likeness (QED) is 0.668. The molecule has 3 aromatic heterocycles. The van der Waals surface area contributed by atoms with E-state index in [1.807, 2.05) is 20.8 Å². The summed E-state index contributed by atoms with van der Waals surface area (Å²) in [5.41, 5.74) is 0.359. The summed E-state index contributed by atoms with van der Waals surface area (Å²) in [7, 11) is 0. The van der Waals surface area contributed by atoms with Crippen molar-refractivity contribution in [2.24, 2.45) is 0 Å². The molecular formula is C16H18N6O2S. The zero-order chi connectivity index (χ0) is 17.8. The van der Waals surface area contributed by atoms with Gasteiger partial charge < -0.3 is 9.42 Å². The SMILES string of the molecule is CCN(Cc1nc(C(C)C)no1)C(=O)c1csc(-c2ncccn2)n1. The molecule has 0 aromatic carbocycles. The minimum absolute atomic E-state index is 0.176. The van der Waals surface area contributed by atoms with Crippen LogP contribution in [0.2, 0.25) is 0 Å². The van der Waals surface area contributed by atoms with E-state index in [0.717, 1.165) is 0 Å². The largest absolute Gasteiger partial charge is 0.337 e. The van der Waals surface area contributed by atoms with Gasteiger partial charge in [0.15, 0.2) is 16.7 Å². The molecule has 0 aliphatic rings. The Morgan fingerprint density at radius 3 is 2.68 bits per heavy atom. The highest BCUT2D eigenvalue weighted by atomic mass is 32.1. The van der Waals surface area contributed by atoms with Crippen LogP contribution in [0.15, 0.2) is 28.4 Å². The van der Waals surface area contributed by atoms with Crippen molar-refractivity contribution in [2.45, 2.75) is 33.2 Å². The number of thiazole rings is 1. The molecule has 0 saturated carbocycles. The topological polar surface area (TPSA) is 97.9 Å². The molecule has 0 fully saturated rings. The van der Waals surface area contributed by atoms with Crippen LogP contribution < -0.4 is 0 Å². The summed E-state index contributed by atoms with van der Waals surface area (Å²) in [5.74, 6) is 1.55. The van der Waals surface area contributed by atoms with Crippen LogP contribution >= 0.6 is 11.3 Å². The molecule has 3 heterocycles. The van der Waals surface area contributed by atoms with Crippen LogP contribution in [-0.2, 0) is 6.54 Å². The Morgan fingerprint density at radius 2 is 2.04 bits per heavy atom. The molecule has 0 atom stereocenters. The Hall–Kier alpha value is -2.68. The molecule has 0 spiro atoms. The van der Waals surface area contributed by atoms with Gasteiger partial charge in [-0.1, -0.05) is 19.0 Å². The predicted molar refractivity (Wildman–Crippen MR) is 91.9 cm³/mol. The lowest BCUT2D eigenvalue weighted by atomic mass is 10.2. The maximum absolute atomic E-state index is 12.7. The molecule has 1 amide bonds. The number of carbonyl (C=O) groups excluding carboxylic acids is 1. The van der Waals surface area contributed by atoms with Gasteiger partial charge >= 0.3 is 0 Å². The number of rotatable bonds is 6. The van der Waals surface area contributed by atoms with E-state index in [1.54, 1.807) is 28.7 Å². The molecule has 0 aliphatic heterocycles. The number of amides is 1. The van der Waals surface area contributed by atoms with E-state index in [2.05, 4.69) is 25.1 Å². The first kappa shape index (κ1) is 17.2. The monoisotopic (exact) mass is 358 g/mol. The standard InChI is InChI=1S/C16H18N6O2S/c1-4-22(8-12-20-13(10(2)3)21-24-12)16(23)11-9-25-15(19-11)14-17-6-5-7-18-14/h5-7,9-10H,4,8H2,1-3H3. The van der Waals surface area contributed by atoms with Crippen LogP contribution in [-0.4, -0.2) is 42.4 Å². The molecule has 3 rings (SSSR count). The summed E-state index contributed by atoms with van der Waals surface area (Å²) < 4.78 is 5.23. The average molecular weight is 358 g/mol. The highest BCUT2D eigenvalue weighted by molar-refractivity contribution is 7.13. The smallest absolute Gasteiger partial charge is 0.273 e. The maximum atomic E-state index is 12.7. The lowest BCUT2D eigenvalue weighted by molar-refractivity contribution is 0.0729. The Labute approximate surface area is 149 Å². The third-order valence-electron chi connectivity index (χ3n) is 3.48. The van der Waals surface area contributed by atoms with Gasteiger partial charge in [0.1, 0.15) is 12.2 Å². The first-order valence-electron chi connectivity index (χ1n) is 7.93. The number of aromatic nitrogens is 5. The summed E-state index contributed by atoms with van der Waals surface area (Å²) in [6.45, 7) is 6.63. The number of hydrogen-bond acceptors (Lipinski definition) is 8. The van der Waals surface area contributed by atoms with Gasteiger partial charge in [0.25, 0.3) is 5.91 Å². The van der Waals surface area contributed by atoms with Crippen molar-refractivity contribution in [3.63, 3.8) is 0 Å². The van der Waals surface area contributed by atoms with Crippen LogP contribution in [0.1, 0.15) is 48.9 Å². The maximum Gasteiger partial charge on any atom is 0.273 e. The Kier molecular flexibility index (Phi) is 5.13. The fourth-order valence-corrected chi connectivity index (χ4v) is 2.84. The highest BCUT2D eigenvalue weighted by Gasteiger charge is 2.21. The zero-order valence-corrected chi connectivity index (χ0v) is 15.0. The van der Waals surface area contributed by atoms with Gasteiger partial charge in [0.05, 0.1) is 0 Å². The molecule has 0 bridgehead atoms. The van der Waals surface area contributed by atoms with Gasteiger partial charge in [0.2, 0.25) is 5.89 Å². The molecule has 9 heteroatoms. The van der Waals surface area contributed by atoms with Crippen molar-refractivity contribution in [1.29, 1.82) is 0 Å². The molecule has 0 aliphatic carbocycles. The number of hydrogen-bond donors (Lipinski definition) is 0. The van der Waals surface area contributed by atoms with Gasteiger partial charge in [-0.25, -0.2) is 15.0 Å². The fourth-order valence-electron chi connectivity index (χ4n) is 2.10.